The molecular weight excluding hydrogens is 392 g/mol. The SMILES string of the molecule is CCc1ccc2c(c1)nc(Nc1nc3ccc(OC(F)F)cc3o1)n2CCN(C)C. The van der Waals surface area contributed by atoms with Crippen LogP contribution in [0.4, 0.5) is 20.7 Å². The molecule has 0 bridgehead atoms. The van der Waals surface area contributed by atoms with Crippen molar-refractivity contribution in [2.24, 2.45) is 0 Å². The molecule has 4 rings (SSSR count). The molecule has 2 heterocycles. The van der Waals surface area contributed by atoms with Crippen molar-refractivity contribution in [1.29, 1.82) is 0 Å². The third-order valence-corrected chi connectivity index (χ3v) is 4.80. The Morgan fingerprint density at radius 1 is 1.13 bits per heavy atom. The number of fused-ring (bicyclic) bond motifs is 2. The van der Waals surface area contributed by atoms with Gasteiger partial charge in [0.15, 0.2) is 5.58 Å². The third kappa shape index (κ3) is 4.20. The molecule has 1 N–H and O–H groups in total. The molecule has 0 fully saturated rings. The monoisotopic (exact) mass is 415 g/mol. The van der Waals surface area contributed by atoms with Crippen LogP contribution in [-0.2, 0) is 13.0 Å². The van der Waals surface area contributed by atoms with E-state index < -0.39 is 6.61 Å². The first-order valence-electron chi connectivity index (χ1n) is 9.69. The average molecular weight is 415 g/mol. The van der Waals surface area contributed by atoms with Gasteiger partial charge in [0.2, 0.25) is 5.95 Å². The normalized spacial score (nSPS) is 11.8. The molecule has 7 nitrogen and oxygen atoms in total. The first-order valence-corrected chi connectivity index (χ1v) is 9.69. The first-order chi connectivity index (χ1) is 14.4. The van der Waals surface area contributed by atoms with E-state index in [9.17, 15) is 8.78 Å². The second kappa shape index (κ2) is 8.27. The number of hydrogen-bond acceptors (Lipinski definition) is 6. The third-order valence-electron chi connectivity index (χ3n) is 4.80. The lowest BCUT2D eigenvalue weighted by molar-refractivity contribution is -0.0497. The Labute approximate surface area is 172 Å². The summed E-state index contributed by atoms with van der Waals surface area (Å²) < 4.78 is 37.1. The number of halogens is 2. The zero-order valence-electron chi connectivity index (χ0n) is 17.0. The molecule has 0 atom stereocenters. The highest BCUT2D eigenvalue weighted by Gasteiger charge is 2.15. The Morgan fingerprint density at radius 3 is 2.70 bits per heavy atom. The van der Waals surface area contributed by atoms with Crippen LogP contribution in [0.1, 0.15) is 12.5 Å². The maximum atomic E-state index is 12.4. The average Bonchev–Trinajstić information content (AvgIpc) is 3.25. The zero-order valence-corrected chi connectivity index (χ0v) is 17.0. The molecule has 0 radical (unpaired) electrons. The van der Waals surface area contributed by atoms with E-state index in [0.29, 0.717) is 17.0 Å². The van der Waals surface area contributed by atoms with Gasteiger partial charge in [0.25, 0.3) is 0 Å². The van der Waals surface area contributed by atoms with E-state index >= 15 is 0 Å². The van der Waals surface area contributed by atoms with Crippen molar-refractivity contribution in [3.8, 4) is 5.75 Å². The van der Waals surface area contributed by atoms with E-state index in [2.05, 4.69) is 49.6 Å². The number of rotatable bonds is 8. The molecule has 0 aliphatic rings. The van der Waals surface area contributed by atoms with Gasteiger partial charge in [0.1, 0.15) is 11.3 Å². The predicted octanol–water partition coefficient (Wildman–Crippen LogP) is 4.65. The number of anilines is 2. The van der Waals surface area contributed by atoms with Crippen LogP contribution in [-0.4, -0.2) is 46.7 Å². The lowest BCUT2D eigenvalue weighted by Crippen LogP contribution is -2.19. The summed E-state index contributed by atoms with van der Waals surface area (Å²) in [7, 11) is 4.03. The fraction of sp³-hybridized carbons (Fsp3) is 0.333. The van der Waals surface area contributed by atoms with Crippen LogP contribution in [0.2, 0.25) is 0 Å². The first kappa shape index (κ1) is 20.1. The number of nitrogens with one attached hydrogen (secondary N) is 1. The molecule has 2 aromatic carbocycles. The van der Waals surface area contributed by atoms with Crippen LogP contribution in [0.5, 0.6) is 5.75 Å². The van der Waals surface area contributed by atoms with Crippen LogP contribution >= 0.6 is 0 Å². The predicted molar refractivity (Wildman–Crippen MR) is 112 cm³/mol. The number of ether oxygens (including phenoxy) is 1. The highest BCUT2D eigenvalue weighted by Crippen LogP contribution is 2.28. The van der Waals surface area contributed by atoms with Gasteiger partial charge in [-0.15, -0.1) is 0 Å². The largest absolute Gasteiger partial charge is 0.435 e. The molecule has 0 aliphatic heterocycles. The van der Waals surface area contributed by atoms with E-state index in [1.165, 1.54) is 17.7 Å². The van der Waals surface area contributed by atoms with Gasteiger partial charge in [-0.3, -0.25) is 5.32 Å². The standard InChI is InChI=1S/C21H23F2N5O2/c1-4-13-5-8-17-16(11-13)24-20(28(17)10-9-27(2)3)26-21-25-15-7-6-14(29-19(22)23)12-18(15)30-21/h5-8,11-12,19H,4,9-10H2,1-3H3,(H,24,25,26). The minimum atomic E-state index is -2.90. The molecule has 0 amide bonds. The highest BCUT2D eigenvalue weighted by molar-refractivity contribution is 5.81. The van der Waals surface area contributed by atoms with Crippen molar-refractivity contribution >= 4 is 34.1 Å². The number of oxazole rings is 1. The van der Waals surface area contributed by atoms with E-state index in [1.54, 1.807) is 6.07 Å². The van der Waals surface area contributed by atoms with E-state index in [4.69, 9.17) is 9.40 Å². The smallest absolute Gasteiger partial charge is 0.387 e. The minimum absolute atomic E-state index is 0.0190. The van der Waals surface area contributed by atoms with E-state index in [1.807, 2.05) is 14.1 Å². The molecule has 4 aromatic rings. The van der Waals surface area contributed by atoms with Crippen molar-refractivity contribution in [2.45, 2.75) is 26.5 Å². The van der Waals surface area contributed by atoms with Crippen LogP contribution < -0.4 is 10.1 Å². The van der Waals surface area contributed by atoms with Crippen molar-refractivity contribution in [2.75, 3.05) is 26.0 Å². The molecular formula is C21H23F2N5O2. The van der Waals surface area contributed by atoms with Gasteiger partial charge in [0, 0.05) is 19.2 Å². The number of imidazole rings is 1. The summed E-state index contributed by atoms with van der Waals surface area (Å²) in [5, 5.41) is 3.14. The number of alkyl halides is 2. The van der Waals surface area contributed by atoms with Gasteiger partial charge < -0.3 is 18.6 Å². The summed E-state index contributed by atoms with van der Waals surface area (Å²) >= 11 is 0. The van der Waals surface area contributed by atoms with Gasteiger partial charge in [-0.1, -0.05) is 13.0 Å². The summed E-state index contributed by atoms with van der Waals surface area (Å²) in [5.74, 6) is 0.626. The molecule has 30 heavy (non-hydrogen) atoms. The second-order valence-electron chi connectivity index (χ2n) is 7.22. The van der Waals surface area contributed by atoms with Crippen LogP contribution in [0.3, 0.4) is 0 Å². The maximum Gasteiger partial charge on any atom is 0.387 e. The Kier molecular flexibility index (Phi) is 5.54. The van der Waals surface area contributed by atoms with E-state index in [0.717, 1.165) is 30.5 Å². The van der Waals surface area contributed by atoms with Crippen molar-refractivity contribution in [3.63, 3.8) is 0 Å². The van der Waals surface area contributed by atoms with Gasteiger partial charge in [0.05, 0.1) is 11.0 Å². The molecule has 0 saturated carbocycles. The Hall–Kier alpha value is -3.20. The molecule has 2 aromatic heterocycles. The summed E-state index contributed by atoms with van der Waals surface area (Å²) in [4.78, 5) is 11.2. The van der Waals surface area contributed by atoms with Crippen molar-refractivity contribution in [3.05, 3.63) is 42.0 Å². The summed E-state index contributed by atoms with van der Waals surface area (Å²) in [6.07, 6.45) is 0.928. The Morgan fingerprint density at radius 2 is 1.97 bits per heavy atom. The molecule has 0 unspecified atom stereocenters. The molecule has 0 aliphatic carbocycles. The summed E-state index contributed by atoms with van der Waals surface area (Å²) in [6.45, 7) is 0.766. The van der Waals surface area contributed by atoms with Crippen molar-refractivity contribution in [1.82, 2.24) is 19.4 Å². The lowest BCUT2D eigenvalue weighted by Gasteiger charge is -2.13. The Bertz CT molecular complexity index is 1170. The number of benzene rings is 2. The fourth-order valence-electron chi connectivity index (χ4n) is 3.25. The minimum Gasteiger partial charge on any atom is -0.435 e. The number of aryl methyl sites for hydroxylation is 1. The number of aromatic nitrogens is 3. The van der Waals surface area contributed by atoms with Crippen LogP contribution in [0, 0.1) is 0 Å². The highest BCUT2D eigenvalue weighted by atomic mass is 19.3. The van der Waals surface area contributed by atoms with Gasteiger partial charge in [-0.2, -0.15) is 13.8 Å². The summed E-state index contributed by atoms with van der Waals surface area (Å²) in [5.41, 5.74) is 3.99. The van der Waals surface area contributed by atoms with Gasteiger partial charge in [-0.25, -0.2) is 4.98 Å². The van der Waals surface area contributed by atoms with Crippen LogP contribution in [0.15, 0.2) is 40.8 Å². The molecule has 9 heteroatoms. The molecule has 0 spiro atoms. The molecule has 158 valence electrons. The fourth-order valence-corrected chi connectivity index (χ4v) is 3.25. The maximum absolute atomic E-state index is 12.4. The number of nitrogens with zero attached hydrogens (tertiary/aromatic N) is 4. The Balaban J connectivity index is 1.68. The number of hydrogen-bond donors (Lipinski definition) is 1. The lowest BCUT2D eigenvalue weighted by atomic mass is 10.1. The molecule has 0 saturated heterocycles. The quantitative estimate of drug-likeness (QED) is 0.452. The topological polar surface area (TPSA) is 68.4 Å². The second-order valence-corrected chi connectivity index (χ2v) is 7.22. The van der Waals surface area contributed by atoms with Crippen LogP contribution in [0.25, 0.3) is 22.1 Å². The van der Waals surface area contributed by atoms with Gasteiger partial charge >= 0.3 is 12.6 Å². The zero-order chi connectivity index (χ0) is 21.3. The summed E-state index contributed by atoms with van der Waals surface area (Å²) in [6, 6.07) is 10.9. The van der Waals surface area contributed by atoms with Gasteiger partial charge in [-0.05, 0) is 50.3 Å². The van der Waals surface area contributed by atoms with Crippen molar-refractivity contribution < 1.29 is 17.9 Å². The van der Waals surface area contributed by atoms with E-state index in [-0.39, 0.29) is 11.8 Å². The number of likely N-dealkylation sites (N-methyl/N-ethyl adjacent to an activating group) is 1.